The third kappa shape index (κ3) is 3.18. The van der Waals surface area contributed by atoms with Gasteiger partial charge < -0.3 is 15.5 Å². The molecule has 1 atom stereocenters. The molecule has 0 bridgehead atoms. The van der Waals surface area contributed by atoms with E-state index >= 15 is 0 Å². The van der Waals surface area contributed by atoms with Gasteiger partial charge in [0.1, 0.15) is 5.84 Å². The van der Waals surface area contributed by atoms with Crippen LogP contribution in [0.3, 0.4) is 0 Å². The number of benzene rings is 2. The van der Waals surface area contributed by atoms with Gasteiger partial charge in [-0.3, -0.25) is 5.73 Å². The number of aliphatic imine (C=N–C) groups is 1. The van der Waals surface area contributed by atoms with Crippen molar-refractivity contribution in [3.63, 3.8) is 0 Å². The molecule has 0 saturated heterocycles. The van der Waals surface area contributed by atoms with Crippen molar-refractivity contribution in [3.05, 3.63) is 71.4 Å². The zero-order valence-corrected chi connectivity index (χ0v) is 15.1. The average Bonchev–Trinajstić information content (AvgIpc) is 2.63. The molecule has 4 rings (SSSR count). The van der Waals surface area contributed by atoms with E-state index in [-0.39, 0.29) is 0 Å². The molecule has 2 aliphatic heterocycles. The van der Waals surface area contributed by atoms with Crippen molar-refractivity contribution in [1.29, 1.82) is 0 Å². The number of fused-ring (bicyclic) bond motifs is 1. The van der Waals surface area contributed by atoms with Crippen molar-refractivity contribution in [2.24, 2.45) is 16.5 Å². The van der Waals surface area contributed by atoms with Gasteiger partial charge in [-0.25, -0.2) is 4.99 Å². The van der Waals surface area contributed by atoms with Gasteiger partial charge in [0.2, 0.25) is 0 Å². The molecule has 2 aromatic carbocycles. The quantitative estimate of drug-likeness (QED) is 0.896. The molecule has 1 unspecified atom stereocenters. The van der Waals surface area contributed by atoms with Crippen LogP contribution in [0.4, 0.5) is 11.4 Å². The van der Waals surface area contributed by atoms with Crippen molar-refractivity contribution in [2.75, 3.05) is 22.9 Å². The average molecular weight is 347 g/mol. The first kappa shape index (κ1) is 16.7. The Kier molecular flexibility index (Phi) is 4.39. The Balaban J connectivity index is 1.67. The highest BCUT2D eigenvalue weighted by Crippen LogP contribution is 2.30. The number of hydrogen-bond acceptors (Lipinski definition) is 5. The first-order chi connectivity index (χ1) is 12.6. The van der Waals surface area contributed by atoms with Crippen molar-refractivity contribution in [3.8, 4) is 0 Å². The minimum Gasteiger partial charge on any atom is -0.384 e. The van der Waals surface area contributed by atoms with Crippen molar-refractivity contribution >= 4 is 17.2 Å². The smallest absolute Gasteiger partial charge is 0.180 e. The number of anilines is 2. The van der Waals surface area contributed by atoms with Crippen LogP contribution < -0.4 is 21.3 Å². The minimum atomic E-state index is -0.502. The van der Waals surface area contributed by atoms with E-state index < -0.39 is 6.29 Å². The largest absolute Gasteiger partial charge is 0.384 e. The van der Waals surface area contributed by atoms with Crippen molar-refractivity contribution < 1.29 is 0 Å². The lowest BCUT2D eigenvalue weighted by molar-refractivity contribution is 0.648. The molecule has 2 aliphatic rings. The fourth-order valence-corrected chi connectivity index (χ4v) is 3.77. The summed E-state index contributed by atoms with van der Waals surface area (Å²) in [5.74, 6) is 0.487. The number of para-hydroxylation sites is 1. The Morgan fingerprint density at radius 1 is 1.12 bits per heavy atom. The topological polar surface area (TPSA) is 70.9 Å². The normalized spacial score (nSPS) is 19.7. The van der Waals surface area contributed by atoms with E-state index in [2.05, 4.69) is 70.2 Å². The molecular weight excluding hydrogens is 322 g/mol. The maximum atomic E-state index is 6.33. The van der Waals surface area contributed by atoms with Gasteiger partial charge in [-0.15, -0.1) is 0 Å². The third-order valence-corrected chi connectivity index (χ3v) is 5.04. The first-order valence-corrected chi connectivity index (χ1v) is 9.10. The van der Waals surface area contributed by atoms with Crippen LogP contribution in [0.1, 0.15) is 17.5 Å². The van der Waals surface area contributed by atoms with Crippen LogP contribution in [0.2, 0.25) is 0 Å². The lowest BCUT2D eigenvalue weighted by atomic mass is 10.0. The van der Waals surface area contributed by atoms with Crippen molar-refractivity contribution in [2.45, 2.75) is 26.1 Å². The molecule has 2 heterocycles. The summed E-state index contributed by atoms with van der Waals surface area (Å²) in [5, 5.41) is 0. The lowest BCUT2D eigenvalue weighted by Gasteiger charge is -2.38. The van der Waals surface area contributed by atoms with E-state index in [1.54, 1.807) is 0 Å². The number of rotatable bonds is 3. The van der Waals surface area contributed by atoms with Crippen LogP contribution in [0.25, 0.3) is 0 Å². The van der Waals surface area contributed by atoms with E-state index in [1.165, 1.54) is 16.8 Å². The number of hydrogen-bond donors (Lipinski definition) is 2. The Labute approximate surface area is 154 Å². The van der Waals surface area contributed by atoms with E-state index in [0.717, 1.165) is 37.3 Å². The second-order valence-corrected chi connectivity index (χ2v) is 6.96. The van der Waals surface area contributed by atoms with E-state index in [4.69, 9.17) is 11.5 Å². The molecule has 5 heteroatoms. The van der Waals surface area contributed by atoms with Crippen LogP contribution in [0.15, 0.2) is 65.3 Å². The molecule has 134 valence electrons. The number of nitrogens with zero attached hydrogens (tertiary/aromatic N) is 3. The highest BCUT2D eigenvalue weighted by Gasteiger charge is 2.26. The summed E-state index contributed by atoms with van der Waals surface area (Å²) in [6.45, 7) is 3.87. The number of amidine groups is 1. The fourth-order valence-electron chi connectivity index (χ4n) is 3.77. The van der Waals surface area contributed by atoms with Gasteiger partial charge in [0, 0.05) is 29.7 Å². The summed E-state index contributed by atoms with van der Waals surface area (Å²) in [5.41, 5.74) is 18.4. The summed E-state index contributed by atoms with van der Waals surface area (Å²) in [7, 11) is 0. The highest BCUT2D eigenvalue weighted by molar-refractivity contribution is 5.94. The maximum Gasteiger partial charge on any atom is 0.180 e. The zero-order valence-electron chi connectivity index (χ0n) is 15.1. The molecule has 2 aromatic rings. The fraction of sp³-hybridized carbons (Fsp3) is 0.286. The highest BCUT2D eigenvalue weighted by atomic mass is 15.4. The molecule has 0 spiro atoms. The summed E-state index contributed by atoms with van der Waals surface area (Å²) < 4.78 is 0. The monoisotopic (exact) mass is 347 g/mol. The van der Waals surface area contributed by atoms with Gasteiger partial charge in [0.05, 0.1) is 6.54 Å². The van der Waals surface area contributed by atoms with E-state index in [0.29, 0.717) is 5.84 Å². The molecule has 0 radical (unpaired) electrons. The Morgan fingerprint density at radius 3 is 2.69 bits per heavy atom. The minimum absolute atomic E-state index is 0.487. The predicted octanol–water partition coefficient (Wildman–Crippen LogP) is 2.75. The van der Waals surface area contributed by atoms with Crippen LogP contribution in [0, 0.1) is 6.92 Å². The van der Waals surface area contributed by atoms with Crippen molar-refractivity contribution in [1.82, 2.24) is 0 Å². The molecule has 0 amide bonds. The predicted molar refractivity (Wildman–Crippen MR) is 108 cm³/mol. The molecule has 0 fully saturated rings. The zero-order chi connectivity index (χ0) is 18.1. The van der Waals surface area contributed by atoms with Crippen LogP contribution in [0.5, 0.6) is 0 Å². The van der Waals surface area contributed by atoms with E-state index in [9.17, 15) is 0 Å². The molecule has 0 saturated carbocycles. The Bertz CT molecular complexity index is 853. The second kappa shape index (κ2) is 6.84. The lowest BCUT2D eigenvalue weighted by Crippen LogP contribution is -2.47. The molecule has 5 nitrogen and oxygen atoms in total. The number of aryl methyl sites for hydroxylation is 2. The van der Waals surface area contributed by atoms with Crippen LogP contribution in [-0.2, 0) is 6.42 Å². The summed E-state index contributed by atoms with van der Waals surface area (Å²) in [6, 6.07) is 17.0. The van der Waals surface area contributed by atoms with Gasteiger partial charge in [-0.1, -0.05) is 35.9 Å². The van der Waals surface area contributed by atoms with Crippen LogP contribution >= 0.6 is 0 Å². The van der Waals surface area contributed by atoms with Gasteiger partial charge in [-0.05, 0) is 43.5 Å². The first-order valence-electron chi connectivity index (χ1n) is 9.10. The Hall–Kier alpha value is -2.79. The summed E-state index contributed by atoms with van der Waals surface area (Å²) in [6.07, 6.45) is 3.74. The maximum absolute atomic E-state index is 6.33. The van der Waals surface area contributed by atoms with Gasteiger partial charge in [-0.2, -0.15) is 0 Å². The molecule has 0 aromatic heterocycles. The third-order valence-electron chi connectivity index (χ3n) is 5.04. The Morgan fingerprint density at radius 2 is 1.88 bits per heavy atom. The summed E-state index contributed by atoms with van der Waals surface area (Å²) >= 11 is 0. The SMILES string of the molecule is Cc1ccc(N2C(CN3CCCc4ccccc43)=CC(N)=NC2N)cc1. The van der Waals surface area contributed by atoms with Gasteiger partial charge >= 0.3 is 0 Å². The number of nitrogens with two attached hydrogens (primary N) is 2. The summed E-state index contributed by atoms with van der Waals surface area (Å²) in [4.78, 5) is 8.84. The molecule has 0 aliphatic carbocycles. The van der Waals surface area contributed by atoms with Gasteiger partial charge in [0.15, 0.2) is 6.29 Å². The second-order valence-electron chi connectivity index (χ2n) is 6.96. The molecular formula is C21H25N5. The standard InChI is InChI=1S/C21H25N5/c1-15-8-10-17(11-9-15)26-18(13-20(22)24-21(26)23)14-25-12-4-6-16-5-2-3-7-19(16)25/h2-3,5,7-11,13,21H,4,6,12,14,23H2,1H3,(H2,22,24). The van der Waals surface area contributed by atoms with E-state index in [1.807, 2.05) is 6.08 Å². The van der Waals surface area contributed by atoms with Crippen LogP contribution in [-0.4, -0.2) is 25.2 Å². The molecule has 4 N–H and O–H groups in total. The van der Waals surface area contributed by atoms with Gasteiger partial charge in [0.25, 0.3) is 0 Å². The molecule has 26 heavy (non-hydrogen) atoms.